The molecule has 3 nitrogen and oxygen atoms in total. The van der Waals surface area contributed by atoms with Crippen molar-refractivity contribution in [3.8, 4) is 0 Å². The van der Waals surface area contributed by atoms with E-state index in [1.807, 2.05) is 37.3 Å². The van der Waals surface area contributed by atoms with Crippen LogP contribution in [0.4, 0.5) is 0 Å². The Morgan fingerprint density at radius 1 is 1.35 bits per heavy atom. The van der Waals surface area contributed by atoms with Crippen molar-refractivity contribution in [3.63, 3.8) is 0 Å². The number of rotatable bonds is 3. The Morgan fingerprint density at radius 2 is 2.12 bits per heavy atom. The van der Waals surface area contributed by atoms with E-state index in [1.54, 1.807) is 0 Å². The van der Waals surface area contributed by atoms with Crippen LogP contribution in [0.5, 0.6) is 0 Å². The molecule has 0 bridgehead atoms. The van der Waals surface area contributed by atoms with Crippen molar-refractivity contribution in [2.45, 2.75) is 38.3 Å². The van der Waals surface area contributed by atoms with E-state index in [1.165, 1.54) is 6.42 Å². The zero-order valence-electron chi connectivity index (χ0n) is 10.3. The van der Waals surface area contributed by atoms with Crippen LogP contribution < -0.4 is 10.6 Å². The van der Waals surface area contributed by atoms with Gasteiger partial charge < -0.3 is 10.6 Å². The fourth-order valence-electron chi connectivity index (χ4n) is 2.21. The maximum Gasteiger partial charge on any atom is 0.237 e. The minimum atomic E-state index is -0.00471. The van der Waals surface area contributed by atoms with Gasteiger partial charge in [0.05, 0.1) is 12.1 Å². The Hall–Kier alpha value is -1.35. The van der Waals surface area contributed by atoms with Crippen LogP contribution in [-0.4, -0.2) is 18.5 Å². The fourth-order valence-corrected chi connectivity index (χ4v) is 2.21. The molecule has 3 heteroatoms. The lowest BCUT2D eigenvalue weighted by atomic mass is 10.0. The molecule has 2 atom stereocenters. The number of hydrogen-bond donors (Lipinski definition) is 2. The summed E-state index contributed by atoms with van der Waals surface area (Å²) in [7, 11) is 0. The van der Waals surface area contributed by atoms with Gasteiger partial charge in [-0.05, 0) is 31.9 Å². The lowest BCUT2D eigenvalue weighted by Gasteiger charge is -2.24. The number of benzene rings is 1. The number of hydrogen-bond acceptors (Lipinski definition) is 2. The zero-order chi connectivity index (χ0) is 12.1. The first-order valence-electron chi connectivity index (χ1n) is 6.36. The largest absolute Gasteiger partial charge is 0.348 e. The van der Waals surface area contributed by atoms with E-state index in [2.05, 4.69) is 10.6 Å². The summed E-state index contributed by atoms with van der Waals surface area (Å²) in [6.45, 7) is 2.98. The molecule has 0 aliphatic carbocycles. The van der Waals surface area contributed by atoms with Gasteiger partial charge in [-0.2, -0.15) is 0 Å². The van der Waals surface area contributed by atoms with E-state index >= 15 is 0 Å². The second-order valence-electron chi connectivity index (χ2n) is 4.64. The normalized spacial score (nSPS) is 21.8. The molecule has 1 aromatic carbocycles. The minimum absolute atomic E-state index is 0.00471. The van der Waals surface area contributed by atoms with Crippen LogP contribution in [0, 0.1) is 0 Å². The predicted octanol–water partition coefficient (Wildman–Crippen LogP) is 2.01. The van der Waals surface area contributed by atoms with E-state index < -0.39 is 0 Å². The summed E-state index contributed by atoms with van der Waals surface area (Å²) in [5.41, 5.74) is 1.15. The molecule has 0 unspecified atom stereocenters. The molecule has 0 spiro atoms. The Kier molecular flexibility index (Phi) is 4.15. The van der Waals surface area contributed by atoms with Crippen molar-refractivity contribution < 1.29 is 4.79 Å². The van der Waals surface area contributed by atoms with E-state index in [9.17, 15) is 4.79 Å². The average molecular weight is 232 g/mol. The van der Waals surface area contributed by atoms with Crippen molar-refractivity contribution in [3.05, 3.63) is 35.9 Å². The molecule has 1 amide bonds. The van der Waals surface area contributed by atoms with Gasteiger partial charge in [0.1, 0.15) is 0 Å². The van der Waals surface area contributed by atoms with Crippen LogP contribution in [0.3, 0.4) is 0 Å². The van der Waals surface area contributed by atoms with E-state index in [4.69, 9.17) is 0 Å². The molecule has 0 saturated carbocycles. The van der Waals surface area contributed by atoms with Gasteiger partial charge in [-0.25, -0.2) is 0 Å². The fraction of sp³-hybridized carbons (Fsp3) is 0.500. The minimum Gasteiger partial charge on any atom is -0.348 e. The lowest BCUT2D eigenvalue weighted by molar-refractivity contribution is -0.124. The third-order valence-electron chi connectivity index (χ3n) is 3.29. The van der Waals surface area contributed by atoms with Gasteiger partial charge in [0.2, 0.25) is 5.91 Å². The van der Waals surface area contributed by atoms with Crippen molar-refractivity contribution in [2.75, 3.05) is 6.54 Å². The van der Waals surface area contributed by atoms with Crippen LogP contribution in [0.25, 0.3) is 0 Å². The summed E-state index contributed by atoms with van der Waals surface area (Å²) in [6.07, 6.45) is 3.27. The molecule has 1 aromatic rings. The predicted molar refractivity (Wildman–Crippen MR) is 68.6 cm³/mol. The lowest BCUT2D eigenvalue weighted by Crippen LogP contribution is -2.47. The number of carbonyl (C=O) groups is 1. The highest BCUT2D eigenvalue weighted by molar-refractivity contribution is 5.82. The number of nitrogens with one attached hydrogen (secondary N) is 2. The number of carbonyl (C=O) groups excluding carboxylic acids is 1. The molecule has 1 aliphatic heterocycles. The van der Waals surface area contributed by atoms with Crippen LogP contribution in [0.2, 0.25) is 0 Å². The van der Waals surface area contributed by atoms with E-state index in [-0.39, 0.29) is 18.0 Å². The molecule has 1 saturated heterocycles. The standard InChI is InChI=1S/C14H20N2O/c1-11(12-7-3-2-4-8-12)16-14(17)13-9-5-6-10-15-13/h2-4,7-8,11,13,15H,5-6,9-10H2,1H3,(H,16,17)/t11-,13+/m1/s1. The van der Waals surface area contributed by atoms with Gasteiger partial charge in [0.15, 0.2) is 0 Å². The van der Waals surface area contributed by atoms with Crippen molar-refractivity contribution >= 4 is 5.91 Å². The molecule has 2 N–H and O–H groups in total. The molecular weight excluding hydrogens is 212 g/mol. The van der Waals surface area contributed by atoms with Gasteiger partial charge >= 0.3 is 0 Å². The van der Waals surface area contributed by atoms with Gasteiger partial charge in [-0.1, -0.05) is 36.8 Å². The summed E-state index contributed by atoms with van der Waals surface area (Å²) in [4.78, 5) is 12.0. The zero-order valence-corrected chi connectivity index (χ0v) is 10.3. The highest BCUT2D eigenvalue weighted by Gasteiger charge is 2.21. The van der Waals surface area contributed by atoms with E-state index in [0.717, 1.165) is 24.9 Å². The Morgan fingerprint density at radius 3 is 2.76 bits per heavy atom. The Balaban J connectivity index is 1.89. The second kappa shape index (κ2) is 5.82. The summed E-state index contributed by atoms with van der Waals surface area (Å²) < 4.78 is 0. The quantitative estimate of drug-likeness (QED) is 0.837. The average Bonchev–Trinajstić information content (AvgIpc) is 2.40. The van der Waals surface area contributed by atoms with Crippen molar-refractivity contribution in [1.29, 1.82) is 0 Å². The molecule has 1 aliphatic rings. The molecular formula is C14H20N2O. The first-order chi connectivity index (χ1) is 8.27. The Bertz CT molecular complexity index is 358. The molecule has 0 radical (unpaired) electrons. The van der Waals surface area contributed by atoms with Crippen molar-refractivity contribution in [1.82, 2.24) is 10.6 Å². The highest BCUT2D eigenvalue weighted by atomic mass is 16.2. The Labute approximate surface area is 103 Å². The molecule has 1 fully saturated rings. The molecule has 0 aromatic heterocycles. The second-order valence-corrected chi connectivity index (χ2v) is 4.64. The monoisotopic (exact) mass is 232 g/mol. The maximum atomic E-state index is 12.0. The molecule has 2 rings (SSSR count). The van der Waals surface area contributed by atoms with Gasteiger partial charge in [-0.3, -0.25) is 4.79 Å². The van der Waals surface area contributed by atoms with Crippen LogP contribution in [0.15, 0.2) is 30.3 Å². The van der Waals surface area contributed by atoms with Gasteiger partial charge in [0, 0.05) is 0 Å². The van der Waals surface area contributed by atoms with Gasteiger partial charge in [-0.15, -0.1) is 0 Å². The van der Waals surface area contributed by atoms with Crippen LogP contribution in [-0.2, 0) is 4.79 Å². The SMILES string of the molecule is C[C@@H](NC(=O)[C@@H]1CCCCN1)c1ccccc1. The third kappa shape index (κ3) is 3.30. The molecule has 1 heterocycles. The van der Waals surface area contributed by atoms with E-state index in [0.29, 0.717) is 0 Å². The molecule has 92 valence electrons. The van der Waals surface area contributed by atoms with Crippen molar-refractivity contribution in [2.24, 2.45) is 0 Å². The van der Waals surface area contributed by atoms with Crippen LogP contribution in [0.1, 0.15) is 37.8 Å². The highest BCUT2D eigenvalue weighted by Crippen LogP contribution is 2.13. The summed E-state index contributed by atoms with van der Waals surface area (Å²) in [5.74, 6) is 0.126. The summed E-state index contributed by atoms with van der Waals surface area (Å²) in [6, 6.07) is 10.1. The third-order valence-corrected chi connectivity index (χ3v) is 3.29. The summed E-state index contributed by atoms with van der Waals surface area (Å²) >= 11 is 0. The topological polar surface area (TPSA) is 41.1 Å². The maximum absolute atomic E-state index is 12.0. The van der Waals surface area contributed by atoms with Gasteiger partial charge in [0.25, 0.3) is 0 Å². The van der Waals surface area contributed by atoms with Crippen LogP contribution >= 0.6 is 0 Å². The first kappa shape index (κ1) is 12.1. The number of amides is 1. The molecule has 17 heavy (non-hydrogen) atoms. The summed E-state index contributed by atoms with van der Waals surface area (Å²) in [5, 5.41) is 6.33. The first-order valence-corrected chi connectivity index (χ1v) is 6.36. The number of piperidine rings is 1. The smallest absolute Gasteiger partial charge is 0.237 e.